The molecule has 5 heteroatoms. The van der Waals surface area contributed by atoms with Crippen molar-refractivity contribution in [1.82, 2.24) is 5.32 Å². The summed E-state index contributed by atoms with van der Waals surface area (Å²) in [5.41, 5.74) is 0. The Bertz CT molecular complexity index is 304. The molecule has 1 amide bonds. The molecule has 0 radical (unpaired) electrons. The van der Waals surface area contributed by atoms with Crippen molar-refractivity contribution < 1.29 is 19.4 Å². The molecule has 5 nitrogen and oxygen atoms in total. The molecule has 1 saturated heterocycles. The Hall–Kier alpha value is -1.10. The minimum Gasteiger partial charge on any atom is -0.479 e. The zero-order chi connectivity index (χ0) is 11.7. The van der Waals surface area contributed by atoms with E-state index in [1.807, 2.05) is 0 Å². The first kappa shape index (κ1) is 11.4. The molecule has 0 spiro atoms. The van der Waals surface area contributed by atoms with Gasteiger partial charge < -0.3 is 15.2 Å². The zero-order valence-electron chi connectivity index (χ0n) is 9.31. The molecular weight excluding hydrogens is 210 g/mol. The van der Waals surface area contributed by atoms with Crippen LogP contribution in [0, 0.1) is 5.92 Å². The number of carboxylic acid groups (broad SMARTS) is 1. The third kappa shape index (κ3) is 2.35. The maximum atomic E-state index is 11.7. The average molecular weight is 227 g/mol. The summed E-state index contributed by atoms with van der Waals surface area (Å²) in [4.78, 5) is 22.3. The molecule has 0 aromatic heterocycles. The van der Waals surface area contributed by atoms with E-state index < -0.39 is 18.2 Å². The van der Waals surface area contributed by atoms with Crippen molar-refractivity contribution in [3.63, 3.8) is 0 Å². The van der Waals surface area contributed by atoms with Crippen LogP contribution in [0.25, 0.3) is 0 Å². The second-order valence-corrected chi connectivity index (χ2v) is 4.55. The maximum Gasteiger partial charge on any atom is 0.332 e. The molecule has 2 aliphatic rings. The van der Waals surface area contributed by atoms with Crippen molar-refractivity contribution in [3.05, 3.63) is 0 Å². The van der Waals surface area contributed by atoms with Crippen LogP contribution < -0.4 is 5.32 Å². The van der Waals surface area contributed by atoms with Gasteiger partial charge in [-0.1, -0.05) is 13.3 Å². The maximum absolute atomic E-state index is 11.7. The quantitative estimate of drug-likeness (QED) is 0.734. The Morgan fingerprint density at radius 3 is 2.56 bits per heavy atom. The van der Waals surface area contributed by atoms with Crippen LogP contribution >= 0.6 is 0 Å². The zero-order valence-corrected chi connectivity index (χ0v) is 9.31. The molecular formula is C11H17NO4. The number of nitrogens with one attached hydrogen (secondary N) is 1. The molecule has 1 aliphatic heterocycles. The molecule has 1 heterocycles. The minimum absolute atomic E-state index is 0.148. The topological polar surface area (TPSA) is 75.6 Å². The van der Waals surface area contributed by atoms with Gasteiger partial charge in [-0.2, -0.15) is 0 Å². The van der Waals surface area contributed by atoms with Crippen molar-refractivity contribution >= 4 is 11.9 Å². The van der Waals surface area contributed by atoms with Gasteiger partial charge in [-0.3, -0.25) is 4.79 Å². The number of hydrogen-bond acceptors (Lipinski definition) is 3. The smallest absolute Gasteiger partial charge is 0.332 e. The molecule has 90 valence electrons. The second-order valence-electron chi connectivity index (χ2n) is 4.55. The van der Waals surface area contributed by atoms with Crippen LogP contribution in [0.3, 0.4) is 0 Å². The van der Waals surface area contributed by atoms with Crippen molar-refractivity contribution in [3.8, 4) is 0 Å². The normalized spacial score (nSPS) is 37.1. The number of carboxylic acids is 1. The fourth-order valence-electron chi connectivity index (χ4n) is 2.16. The summed E-state index contributed by atoms with van der Waals surface area (Å²) in [6.07, 6.45) is 1.67. The molecule has 16 heavy (non-hydrogen) atoms. The fourth-order valence-corrected chi connectivity index (χ4v) is 2.16. The largest absolute Gasteiger partial charge is 0.479 e. The van der Waals surface area contributed by atoms with E-state index in [2.05, 4.69) is 12.2 Å². The Morgan fingerprint density at radius 1 is 1.38 bits per heavy atom. The van der Waals surface area contributed by atoms with Gasteiger partial charge in [0, 0.05) is 6.04 Å². The monoisotopic (exact) mass is 227 g/mol. The number of aliphatic carboxylic acids is 1. The van der Waals surface area contributed by atoms with E-state index in [4.69, 9.17) is 9.84 Å². The summed E-state index contributed by atoms with van der Waals surface area (Å²) in [7, 11) is 0. The van der Waals surface area contributed by atoms with Gasteiger partial charge >= 0.3 is 5.97 Å². The van der Waals surface area contributed by atoms with E-state index in [1.54, 1.807) is 0 Å². The predicted molar refractivity (Wildman–Crippen MR) is 55.9 cm³/mol. The molecule has 0 aromatic rings. The van der Waals surface area contributed by atoms with E-state index in [0.717, 1.165) is 12.8 Å². The number of hydrogen-bond donors (Lipinski definition) is 2. The summed E-state index contributed by atoms with van der Waals surface area (Å²) < 4.78 is 5.17. The van der Waals surface area contributed by atoms with Crippen LogP contribution in [0.5, 0.6) is 0 Å². The van der Waals surface area contributed by atoms with Crippen LogP contribution in [0.15, 0.2) is 0 Å². The Morgan fingerprint density at radius 2 is 2.06 bits per heavy atom. The molecule has 0 bridgehead atoms. The van der Waals surface area contributed by atoms with Gasteiger partial charge in [0.1, 0.15) is 6.10 Å². The van der Waals surface area contributed by atoms with E-state index in [-0.39, 0.29) is 11.9 Å². The van der Waals surface area contributed by atoms with E-state index in [9.17, 15) is 9.59 Å². The fraction of sp³-hybridized carbons (Fsp3) is 0.818. The van der Waals surface area contributed by atoms with Crippen molar-refractivity contribution in [2.75, 3.05) is 0 Å². The minimum atomic E-state index is -0.979. The number of rotatable bonds is 4. The summed E-state index contributed by atoms with van der Waals surface area (Å²) in [6, 6.07) is 0.282. The van der Waals surface area contributed by atoms with E-state index in [0.29, 0.717) is 18.8 Å². The first-order valence-corrected chi connectivity index (χ1v) is 5.80. The lowest BCUT2D eigenvalue weighted by Gasteiger charge is -2.11. The Labute approximate surface area is 94.2 Å². The Kier molecular flexibility index (Phi) is 3.14. The Balaban J connectivity index is 1.77. The van der Waals surface area contributed by atoms with Crippen molar-refractivity contribution in [2.24, 2.45) is 5.92 Å². The summed E-state index contributed by atoms with van der Waals surface area (Å²) in [5, 5.41) is 11.6. The number of amides is 1. The lowest BCUT2D eigenvalue weighted by atomic mass is 10.2. The average Bonchev–Trinajstić information content (AvgIpc) is 2.80. The van der Waals surface area contributed by atoms with Crippen LogP contribution in [-0.4, -0.2) is 35.2 Å². The van der Waals surface area contributed by atoms with E-state index >= 15 is 0 Å². The van der Waals surface area contributed by atoms with Crippen LogP contribution in [-0.2, 0) is 14.3 Å². The lowest BCUT2D eigenvalue weighted by molar-refractivity contribution is -0.151. The van der Waals surface area contributed by atoms with Gasteiger partial charge in [0.15, 0.2) is 6.10 Å². The number of carbonyl (C=O) groups excluding carboxylic acids is 1. The number of carbonyl (C=O) groups is 2. The van der Waals surface area contributed by atoms with Gasteiger partial charge in [0.2, 0.25) is 5.91 Å². The van der Waals surface area contributed by atoms with Gasteiger partial charge in [0.05, 0.1) is 0 Å². The van der Waals surface area contributed by atoms with Crippen molar-refractivity contribution in [2.45, 2.75) is 50.9 Å². The highest BCUT2D eigenvalue weighted by atomic mass is 16.5. The van der Waals surface area contributed by atoms with E-state index in [1.165, 1.54) is 0 Å². The second kappa shape index (κ2) is 4.41. The van der Waals surface area contributed by atoms with Crippen molar-refractivity contribution in [1.29, 1.82) is 0 Å². The molecule has 2 N–H and O–H groups in total. The van der Waals surface area contributed by atoms with Crippen LogP contribution in [0.1, 0.15) is 32.6 Å². The first-order valence-electron chi connectivity index (χ1n) is 5.80. The number of ether oxygens (including phenoxy) is 1. The summed E-state index contributed by atoms with van der Waals surface area (Å²) in [5.74, 6) is -0.529. The highest BCUT2D eigenvalue weighted by Crippen LogP contribution is 2.33. The lowest BCUT2D eigenvalue weighted by Crippen LogP contribution is -2.37. The van der Waals surface area contributed by atoms with Crippen LogP contribution in [0.2, 0.25) is 0 Å². The summed E-state index contributed by atoms with van der Waals surface area (Å²) in [6.45, 7) is 2.10. The predicted octanol–water partition coefficient (Wildman–Crippen LogP) is 0.533. The molecule has 1 saturated carbocycles. The molecule has 0 aromatic carbocycles. The molecule has 2 rings (SSSR count). The molecule has 1 aliphatic carbocycles. The molecule has 2 fully saturated rings. The highest BCUT2D eigenvalue weighted by Gasteiger charge is 2.40. The molecule has 2 unspecified atom stereocenters. The molecule has 4 atom stereocenters. The first-order chi connectivity index (χ1) is 7.61. The standard InChI is InChI=1S/C11H17NO4/c1-2-6-5-7(6)12-10(13)8-3-4-9(16-8)11(14)15/h6-9H,2-5H2,1H3,(H,12,13)(H,14,15)/t6?,7?,8-,9+/m0/s1. The van der Waals surface area contributed by atoms with Gasteiger partial charge in [-0.05, 0) is 25.2 Å². The third-order valence-corrected chi connectivity index (χ3v) is 3.36. The van der Waals surface area contributed by atoms with Gasteiger partial charge in [-0.15, -0.1) is 0 Å². The van der Waals surface area contributed by atoms with Gasteiger partial charge in [0.25, 0.3) is 0 Å². The summed E-state index contributed by atoms with van der Waals surface area (Å²) >= 11 is 0. The SMILES string of the molecule is CCC1CC1NC(=O)[C@@H]1CC[C@H](C(=O)O)O1. The highest BCUT2D eigenvalue weighted by molar-refractivity contribution is 5.83. The van der Waals surface area contributed by atoms with Crippen LogP contribution in [0.4, 0.5) is 0 Å². The third-order valence-electron chi connectivity index (χ3n) is 3.36. The van der Waals surface area contributed by atoms with Gasteiger partial charge in [-0.25, -0.2) is 4.79 Å².